The summed E-state index contributed by atoms with van der Waals surface area (Å²) in [5, 5.41) is 13.6. The molecule has 0 atom stereocenters. The Kier molecular flexibility index (Phi) is 4.18. The number of nitrogens with zero attached hydrogens (tertiary/aromatic N) is 3. The number of halogens is 1. The van der Waals surface area contributed by atoms with Gasteiger partial charge in [0.2, 0.25) is 0 Å². The van der Waals surface area contributed by atoms with Crippen molar-refractivity contribution in [1.82, 2.24) is 9.38 Å². The fourth-order valence-corrected chi connectivity index (χ4v) is 2.64. The monoisotopic (exact) mass is 344 g/mol. The summed E-state index contributed by atoms with van der Waals surface area (Å²) in [7, 11) is 0. The van der Waals surface area contributed by atoms with E-state index in [2.05, 4.69) is 10.3 Å². The molecule has 24 heavy (non-hydrogen) atoms. The minimum absolute atomic E-state index is 0.0158. The molecule has 2 heterocycles. The van der Waals surface area contributed by atoms with E-state index in [0.717, 1.165) is 0 Å². The van der Waals surface area contributed by atoms with Gasteiger partial charge in [-0.1, -0.05) is 24.6 Å². The number of fused-ring (bicyclic) bond motifs is 1. The number of aryl methyl sites for hydroxylation is 1. The highest BCUT2D eigenvalue weighted by atomic mass is 35.5. The Hall–Kier alpha value is -2.93. The minimum Gasteiger partial charge on any atom is -0.320 e. The fourth-order valence-electron chi connectivity index (χ4n) is 2.45. The van der Waals surface area contributed by atoms with Crippen LogP contribution in [0.15, 0.2) is 42.6 Å². The maximum atomic E-state index is 12.7. The lowest BCUT2D eigenvalue weighted by atomic mass is 10.2. The maximum absolute atomic E-state index is 12.7. The van der Waals surface area contributed by atoms with Crippen LogP contribution in [0.25, 0.3) is 5.65 Å². The molecule has 0 aliphatic rings. The number of nitro groups is 1. The van der Waals surface area contributed by atoms with Gasteiger partial charge in [0.1, 0.15) is 16.4 Å². The molecule has 3 rings (SSSR count). The second kappa shape index (κ2) is 6.29. The smallest absolute Gasteiger partial charge is 0.289 e. The van der Waals surface area contributed by atoms with Crippen molar-refractivity contribution in [1.29, 1.82) is 0 Å². The molecule has 0 aliphatic carbocycles. The van der Waals surface area contributed by atoms with Crippen LogP contribution in [0.5, 0.6) is 0 Å². The van der Waals surface area contributed by atoms with E-state index in [-0.39, 0.29) is 16.6 Å². The lowest BCUT2D eigenvalue weighted by Crippen LogP contribution is -2.16. The first-order valence-corrected chi connectivity index (χ1v) is 7.60. The number of anilines is 1. The molecule has 0 saturated heterocycles. The Labute approximate surface area is 142 Å². The van der Waals surface area contributed by atoms with Crippen molar-refractivity contribution in [2.24, 2.45) is 0 Å². The number of carbonyl (C=O) groups excluding carboxylic acids is 1. The number of amides is 1. The van der Waals surface area contributed by atoms with Gasteiger partial charge in [-0.3, -0.25) is 19.3 Å². The van der Waals surface area contributed by atoms with Crippen LogP contribution >= 0.6 is 11.6 Å². The molecule has 8 heteroatoms. The number of nitrogens with one attached hydrogen (secondary N) is 1. The van der Waals surface area contributed by atoms with E-state index < -0.39 is 4.92 Å². The van der Waals surface area contributed by atoms with E-state index in [1.807, 2.05) is 19.1 Å². The second-order valence-corrected chi connectivity index (χ2v) is 5.47. The quantitative estimate of drug-likeness (QED) is 0.577. The number of rotatable bonds is 4. The Morgan fingerprint density at radius 2 is 2.17 bits per heavy atom. The molecule has 2 aromatic heterocycles. The van der Waals surface area contributed by atoms with Crippen LogP contribution in [0.4, 0.5) is 11.4 Å². The summed E-state index contributed by atoms with van der Waals surface area (Å²) in [6, 6.07) is 9.58. The van der Waals surface area contributed by atoms with Crippen LogP contribution in [-0.2, 0) is 6.42 Å². The topological polar surface area (TPSA) is 89.5 Å². The summed E-state index contributed by atoms with van der Waals surface area (Å²) in [5.41, 5.74) is 1.77. The van der Waals surface area contributed by atoms with E-state index in [1.54, 1.807) is 16.7 Å². The van der Waals surface area contributed by atoms with Gasteiger partial charge in [0.05, 0.1) is 10.6 Å². The van der Waals surface area contributed by atoms with Crippen molar-refractivity contribution in [3.8, 4) is 0 Å². The number of carbonyl (C=O) groups is 1. The average Bonchev–Trinajstić information content (AvgIpc) is 2.95. The molecule has 0 bridgehead atoms. The summed E-state index contributed by atoms with van der Waals surface area (Å²) in [6.07, 6.45) is 2.34. The van der Waals surface area contributed by atoms with Gasteiger partial charge in [0.25, 0.3) is 11.6 Å². The Morgan fingerprint density at radius 3 is 2.88 bits per heavy atom. The van der Waals surface area contributed by atoms with E-state index in [4.69, 9.17) is 11.6 Å². The first-order chi connectivity index (χ1) is 11.5. The Bertz CT molecular complexity index is 952. The van der Waals surface area contributed by atoms with Crippen LogP contribution < -0.4 is 5.32 Å². The van der Waals surface area contributed by atoms with Crippen LogP contribution in [0, 0.1) is 10.1 Å². The van der Waals surface area contributed by atoms with Crippen molar-refractivity contribution in [3.63, 3.8) is 0 Å². The molecule has 0 aliphatic heterocycles. The molecule has 7 nitrogen and oxygen atoms in total. The normalized spacial score (nSPS) is 10.8. The highest BCUT2D eigenvalue weighted by Gasteiger charge is 2.19. The highest BCUT2D eigenvalue weighted by molar-refractivity contribution is 6.32. The molecule has 3 aromatic rings. The Balaban J connectivity index is 1.99. The average molecular weight is 345 g/mol. The fraction of sp³-hybridized carbons (Fsp3) is 0.125. The van der Waals surface area contributed by atoms with Gasteiger partial charge in [0.15, 0.2) is 0 Å². The zero-order valence-electron chi connectivity index (χ0n) is 12.7. The summed E-state index contributed by atoms with van der Waals surface area (Å²) in [4.78, 5) is 27.5. The Morgan fingerprint density at radius 1 is 1.38 bits per heavy atom. The van der Waals surface area contributed by atoms with Gasteiger partial charge in [-0.2, -0.15) is 0 Å². The van der Waals surface area contributed by atoms with Crippen LogP contribution in [0.2, 0.25) is 5.02 Å². The number of hydrogen-bond donors (Lipinski definition) is 1. The number of nitro benzene ring substituents is 1. The van der Waals surface area contributed by atoms with E-state index in [1.165, 1.54) is 18.2 Å². The van der Waals surface area contributed by atoms with Crippen molar-refractivity contribution >= 4 is 34.5 Å². The van der Waals surface area contributed by atoms with Gasteiger partial charge in [0, 0.05) is 18.0 Å². The van der Waals surface area contributed by atoms with Crippen molar-refractivity contribution in [3.05, 3.63) is 69.1 Å². The van der Waals surface area contributed by atoms with Gasteiger partial charge < -0.3 is 5.32 Å². The third-order valence-corrected chi connectivity index (χ3v) is 3.87. The van der Waals surface area contributed by atoms with Gasteiger partial charge in [-0.05, 0) is 30.7 Å². The highest BCUT2D eigenvalue weighted by Crippen LogP contribution is 2.27. The van der Waals surface area contributed by atoms with Crippen LogP contribution in [0.1, 0.15) is 23.1 Å². The van der Waals surface area contributed by atoms with E-state index in [9.17, 15) is 14.9 Å². The number of hydrogen-bond acceptors (Lipinski definition) is 4. The maximum Gasteiger partial charge on any atom is 0.289 e. The molecular formula is C16H13ClN4O3. The van der Waals surface area contributed by atoms with Crippen molar-refractivity contribution in [2.45, 2.75) is 13.3 Å². The van der Waals surface area contributed by atoms with Crippen molar-refractivity contribution in [2.75, 3.05) is 5.32 Å². The molecule has 1 amide bonds. The number of pyridine rings is 1. The van der Waals surface area contributed by atoms with Gasteiger partial charge in [-0.25, -0.2) is 4.98 Å². The molecular weight excluding hydrogens is 332 g/mol. The van der Waals surface area contributed by atoms with E-state index >= 15 is 0 Å². The first kappa shape index (κ1) is 15.9. The first-order valence-electron chi connectivity index (χ1n) is 7.22. The summed E-state index contributed by atoms with van der Waals surface area (Å²) < 4.78 is 1.69. The second-order valence-electron chi connectivity index (χ2n) is 5.07. The molecule has 122 valence electrons. The predicted molar refractivity (Wildman–Crippen MR) is 90.6 cm³/mol. The van der Waals surface area contributed by atoms with Crippen molar-refractivity contribution < 1.29 is 9.72 Å². The number of aromatic nitrogens is 2. The standard InChI is InChI=1S/C16H13ClN4O3/c1-2-12-15(20-8-4-3-5-14(20)19-12)16(22)18-10-6-7-11(17)13(9-10)21(23)24/h3-9H,2H2,1H3,(H,18,22). The largest absolute Gasteiger partial charge is 0.320 e. The molecule has 1 N–H and O–H groups in total. The third kappa shape index (κ3) is 2.81. The molecule has 0 saturated carbocycles. The molecule has 0 radical (unpaired) electrons. The van der Waals surface area contributed by atoms with Crippen LogP contribution in [-0.4, -0.2) is 20.2 Å². The summed E-state index contributed by atoms with van der Waals surface area (Å²) >= 11 is 5.78. The molecule has 0 spiro atoms. The SMILES string of the molecule is CCc1nc2ccccn2c1C(=O)Nc1ccc(Cl)c([N+](=O)[O-])c1. The minimum atomic E-state index is -0.594. The lowest BCUT2D eigenvalue weighted by molar-refractivity contribution is -0.384. The summed E-state index contributed by atoms with van der Waals surface area (Å²) in [5.74, 6) is -0.387. The zero-order valence-corrected chi connectivity index (χ0v) is 13.4. The predicted octanol–water partition coefficient (Wildman–Crippen LogP) is 3.71. The van der Waals surface area contributed by atoms with E-state index in [0.29, 0.717) is 29.1 Å². The number of benzene rings is 1. The van der Waals surface area contributed by atoms with Gasteiger partial charge >= 0.3 is 0 Å². The lowest BCUT2D eigenvalue weighted by Gasteiger charge is -2.07. The molecule has 0 fully saturated rings. The zero-order chi connectivity index (χ0) is 17.3. The molecule has 0 unspecified atom stereocenters. The van der Waals surface area contributed by atoms with Crippen LogP contribution in [0.3, 0.4) is 0 Å². The number of imidazole rings is 1. The van der Waals surface area contributed by atoms with Gasteiger partial charge in [-0.15, -0.1) is 0 Å². The summed E-state index contributed by atoms with van der Waals surface area (Å²) in [6.45, 7) is 1.91. The third-order valence-electron chi connectivity index (χ3n) is 3.55. The molecule has 1 aromatic carbocycles.